The first-order chi connectivity index (χ1) is 8.34. The van der Waals surface area contributed by atoms with Crippen LogP contribution in [0.3, 0.4) is 0 Å². The molecule has 1 heterocycles. The SMILES string of the molecule is CCn1c([C@@H](C)N)nc2ccc(C(F)(F)F)cc21. The number of hydrogen-bond acceptors (Lipinski definition) is 2. The minimum atomic E-state index is -4.34. The fraction of sp³-hybridized carbons (Fsp3) is 0.417. The molecule has 3 nitrogen and oxygen atoms in total. The standard InChI is InChI=1S/C12H14F3N3/c1-3-18-10-6-8(12(13,14)15)4-5-9(10)17-11(18)7(2)16/h4-7H,3,16H2,1-2H3/t7-/m1/s1. The van der Waals surface area contributed by atoms with Crippen molar-refractivity contribution in [2.45, 2.75) is 32.6 Å². The van der Waals surface area contributed by atoms with Gasteiger partial charge in [0.25, 0.3) is 0 Å². The quantitative estimate of drug-likeness (QED) is 0.898. The van der Waals surface area contributed by atoms with Crippen LogP contribution in [0.15, 0.2) is 18.2 Å². The van der Waals surface area contributed by atoms with Gasteiger partial charge in [-0.05, 0) is 32.0 Å². The van der Waals surface area contributed by atoms with Gasteiger partial charge in [-0.2, -0.15) is 13.2 Å². The summed E-state index contributed by atoms with van der Waals surface area (Å²) >= 11 is 0. The van der Waals surface area contributed by atoms with Crippen molar-refractivity contribution >= 4 is 11.0 Å². The van der Waals surface area contributed by atoms with E-state index in [0.717, 1.165) is 12.1 Å². The molecule has 0 bridgehead atoms. The van der Waals surface area contributed by atoms with Gasteiger partial charge >= 0.3 is 6.18 Å². The third kappa shape index (κ3) is 2.08. The summed E-state index contributed by atoms with van der Waals surface area (Å²) in [5.41, 5.74) is 6.12. The molecule has 98 valence electrons. The molecule has 0 saturated heterocycles. The highest BCUT2D eigenvalue weighted by Crippen LogP contribution is 2.32. The molecule has 6 heteroatoms. The van der Waals surface area contributed by atoms with Crippen LogP contribution in [0.2, 0.25) is 0 Å². The van der Waals surface area contributed by atoms with Crippen LogP contribution in [0.4, 0.5) is 13.2 Å². The van der Waals surface area contributed by atoms with Crippen LogP contribution >= 0.6 is 0 Å². The van der Waals surface area contributed by atoms with E-state index in [-0.39, 0.29) is 6.04 Å². The van der Waals surface area contributed by atoms with Crippen LogP contribution in [0.5, 0.6) is 0 Å². The van der Waals surface area contributed by atoms with Gasteiger partial charge in [0.1, 0.15) is 5.82 Å². The Morgan fingerprint density at radius 2 is 2.06 bits per heavy atom. The van der Waals surface area contributed by atoms with Crippen LogP contribution < -0.4 is 5.73 Å². The Balaban J connectivity index is 2.68. The van der Waals surface area contributed by atoms with Crippen molar-refractivity contribution in [3.05, 3.63) is 29.6 Å². The number of aromatic nitrogens is 2. The molecule has 0 amide bonds. The number of benzene rings is 1. The molecule has 2 aromatic rings. The fourth-order valence-electron chi connectivity index (χ4n) is 2.00. The van der Waals surface area contributed by atoms with Gasteiger partial charge in [-0.15, -0.1) is 0 Å². The van der Waals surface area contributed by atoms with E-state index < -0.39 is 11.7 Å². The molecule has 0 saturated carbocycles. The van der Waals surface area contributed by atoms with Crippen molar-refractivity contribution in [1.29, 1.82) is 0 Å². The van der Waals surface area contributed by atoms with Gasteiger partial charge in [-0.3, -0.25) is 0 Å². The van der Waals surface area contributed by atoms with Crippen LogP contribution in [0.25, 0.3) is 11.0 Å². The van der Waals surface area contributed by atoms with Crippen molar-refractivity contribution in [3.8, 4) is 0 Å². The lowest BCUT2D eigenvalue weighted by Gasteiger charge is -2.10. The summed E-state index contributed by atoms with van der Waals surface area (Å²) in [6, 6.07) is 3.24. The highest BCUT2D eigenvalue weighted by atomic mass is 19.4. The van der Waals surface area contributed by atoms with Gasteiger partial charge in [0, 0.05) is 6.54 Å². The number of alkyl halides is 3. The van der Waals surface area contributed by atoms with E-state index in [9.17, 15) is 13.2 Å². The van der Waals surface area contributed by atoms with E-state index in [1.165, 1.54) is 6.07 Å². The Hall–Kier alpha value is -1.56. The topological polar surface area (TPSA) is 43.8 Å². The first-order valence-electron chi connectivity index (χ1n) is 5.67. The Labute approximate surface area is 102 Å². The molecule has 2 rings (SSSR count). The largest absolute Gasteiger partial charge is 0.416 e. The van der Waals surface area contributed by atoms with Gasteiger partial charge in [0.15, 0.2) is 0 Å². The van der Waals surface area contributed by atoms with Crippen molar-refractivity contribution < 1.29 is 13.2 Å². The number of nitrogens with zero attached hydrogens (tertiary/aromatic N) is 2. The molecular formula is C12H14F3N3. The highest BCUT2D eigenvalue weighted by molar-refractivity contribution is 5.77. The summed E-state index contributed by atoms with van der Waals surface area (Å²) in [4.78, 5) is 4.28. The first-order valence-corrected chi connectivity index (χ1v) is 5.67. The van der Waals surface area contributed by atoms with Gasteiger partial charge in [-0.1, -0.05) is 0 Å². The van der Waals surface area contributed by atoms with Gasteiger partial charge < -0.3 is 10.3 Å². The number of imidazole rings is 1. The summed E-state index contributed by atoms with van der Waals surface area (Å²) in [5, 5.41) is 0. The maximum atomic E-state index is 12.7. The molecule has 0 unspecified atom stereocenters. The Kier molecular flexibility index (Phi) is 3.06. The van der Waals surface area contributed by atoms with E-state index >= 15 is 0 Å². The maximum Gasteiger partial charge on any atom is 0.416 e. The first kappa shape index (κ1) is 12.9. The summed E-state index contributed by atoms with van der Waals surface area (Å²) < 4.78 is 39.7. The molecule has 18 heavy (non-hydrogen) atoms. The summed E-state index contributed by atoms with van der Waals surface area (Å²) in [6.45, 7) is 4.15. The molecule has 1 aromatic heterocycles. The fourth-order valence-corrected chi connectivity index (χ4v) is 2.00. The lowest BCUT2D eigenvalue weighted by Crippen LogP contribution is -2.13. The second kappa shape index (κ2) is 4.28. The van der Waals surface area contributed by atoms with E-state index in [1.54, 1.807) is 11.5 Å². The minimum absolute atomic E-state index is 0.313. The molecule has 0 aliphatic carbocycles. The van der Waals surface area contributed by atoms with Crippen LogP contribution in [0, 0.1) is 0 Å². The monoisotopic (exact) mass is 257 g/mol. The number of aryl methyl sites for hydroxylation is 1. The van der Waals surface area contributed by atoms with E-state index in [0.29, 0.717) is 23.4 Å². The zero-order valence-electron chi connectivity index (χ0n) is 10.1. The molecule has 1 aromatic carbocycles. The van der Waals surface area contributed by atoms with E-state index in [1.807, 2.05) is 6.92 Å². The Bertz CT molecular complexity index is 570. The third-order valence-corrected chi connectivity index (χ3v) is 2.83. The number of hydrogen-bond donors (Lipinski definition) is 1. The molecule has 0 aliphatic heterocycles. The molecule has 1 atom stereocenters. The molecule has 0 spiro atoms. The van der Waals surface area contributed by atoms with Gasteiger partial charge in [0.2, 0.25) is 0 Å². The lowest BCUT2D eigenvalue weighted by atomic mass is 10.2. The van der Waals surface area contributed by atoms with E-state index in [4.69, 9.17) is 5.73 Å². The second-order valence-electron chi connectivity index (χ2n) is 4.20. The molecular weight excluding hydrogens is 243 g/mol. The second-order valence-corrected chi connectivity index (χ2v) is 4.20. The predicted octanol–water partition coefficient (Wildman–Crippen LogP) is 3.09. The number of rotatable bonds is 2. The normalized spacial score (nSPS) is 14.1. The maximum absolute atomic E-state index is 12.7. The average Bonchev–Trinajstić information content (AvgIpc) is 2.65. The number of fused-ring (bicyclic) bond motifs is 1. The summed E-state index contributed by atoms with van der Waals surface area (Å²) in [7, 11) is 0. The van der Waals surface area contributed by atoms with Crippen molar-refractivity contribution in [2.24, 2.45) is 5.73 Å². The molecule has 2 N–H and O–H groups in total. The summed E-state index contributed by atoms with van der Waals surface area (Å²) in [6.07, 6.45) is -4.34. The zero-order chi connectivity index (χ0) is 13.5. The van der Waals surface area contributed by atoms with Gasteiger partial charge in [-0.25, -0.2) is 4.98 Å². The Morgan fingerprint density at radius 1 is 1.39 bits per heavy atom. The van der Waals surface area contributed by atoms with Gasteiger partial charge in [0.05, 0.1) is 22.6 Å². The summed E-state index contributed by atoms with van der Waals surface area (Å²) in [5.74, 6) is 0.604. The Morgan fingerprint density at radius 3 is 2.56 bits per heavy atom. The van der Waals surface area contributed by atoms with Crippen molar-refractivity contribution in [2.75, 3.05) is 0 Å². The number of halogens is 3. The number of nitrogens with two attached hydrogens (primary N) is 1. The minimum Gasteiger partial charge on any atom is -0.327 e. The molecule has 0 fully saturated rings. The van der Waals surface area contributed by atoms with Crippen LogP contribution in [0.1, 0.15) is 31.3 Å². The average molecular weight is 257 g/mol. The molecule has 0 aliphatic rings. The van der Waals surface area contributed by atoms with Crippen LogP contribution in [-0.2, 0) is 12.7 Å². The third-order valence-electron chi connectivity index (χ3n) is 2.83. The van der Waals surface area contributed by atoms with Crippen molar-refractivity contribution in [3.63, 3.8) is 0 Å². The lowest BCUT2D eigenvalue weighted by molar-refractivity contribution is -0.137. The molecule has 0 radical (unpaired) electrons. The zero-order valence-corrected chi connectivity index (χ0v) is 10.1. The smallest absolute Gasteiger partial charge is 0.327 e. The van der Waals surface area contributed by atoms with Crippen molar-refractivity contribution in [1.82, 2.24) is 9.55 Å². The highest BCUT2D eigenvalue weighted by Gasteiger charge is 2.31. The predicted molar refractivity (Wildman–Crippen MR) is 63.0 cm³/mol. The van der Waals surface area contributed by atoms with E-state index in [2.05, 4.69) is 4.98 Å². The van der Waals surface area contributed by atoms with Crippen LogP contribution in [-0.4, -0.2) is 9.55 Å².